The van der Waals surface area contributed by atoms with Crippen molar-refractivity contribution in [3.8, 4) is 0 Å². The van der Waals surface area contributed by atoms with E-state index in [1.165, 1.54) is 32.1 Å². The molecule has 0 aliphatic heterocycles. The molecule has 0 aromatic heterocycles. The molecule has 1 aliphatic rings. The van der Waals surface area contributed by atoms with Crippen molar-refractivity contribution in [1.29, 1.82) is 0 Å². The summed E-state index contributed by atoms with van der Waals surface area (Å²) in [4.78, 5) is 0. The smallest absolute Gasteiger partial charge is 0.346 e. The molecular weight excluding hydrogens is 247 g/mol. The number of rotatable bonds is 0. The van der Waals surface area contributed by atoms with Gasteiger partial charge in [0.05, 0.1) is 0 Å². The van der Waals surface area contributed by atoms with Crippen LogP contribution in [0.1, 0.15) is 39.0 Å². The molecule has 0 aromatic rings. The Morgan fingerprint density at radius 2 is 1.40 bits per heavy atom. The third-order valence-electron chi connectivity index (χ3n) is 1.32. The van der Waals surface area contributed by atoms with Gasteiger partial charge in [-0.05, 0) is 0 Å². The van der Waals surface area contributed by atoms with E-state index in [1.54, 1.807) is 6.92 Å². The average Bonchev–Trinajstić information content (AvgIpc) is 1.96. The summed E-state index contributed by atoms with van der Waals surface area (Å²) in [6, 6.07) is 0. The van der Waals surface area contributed by atoms with E-state index >= 15 is 0 Å². The van der Waals surface area contributed by atoms with Gasteiger partial charge in [0.15, 0.2) is 0 Å². The minimum Gasteiger partial charge on any atom is -0.346 e. The van der Waals surface area contributed by atoms with Crippen LogP contribution in [0.3, 0.4) is 0 Å². The average molecular weight is 264 g/mol. The van der Waals surface area contributed by atoms with Gasteiger partial charge in [-0.2, -0.15) is 19.8 Å². The normalized spacial score (nSPS) is 15.0. The summed E-state index contributed by atoms with van der Waals surface area (Å²) < 4.78 is 0. The first kappa shape index (κ1) is 17.5. The second-order valence-electron chi connectivity index (χ2n) is 1.93. The molecule has 0 saturated heterocycles. The van der Waals surface area contributed by atoms with Crippen molar-refractivity contribution in [1.82, 2.24) is 0 Å². The van der Waals surface area contributed by atoms with Gasteiger partial charge >= 0.3 is 23.1 Å². The molecule has 1 fully saturated rings. The van der Waals surface area contributed by atoms with E-state index in [1.807, 2.05) is 0 Å². The summed E-state index contributed by atoms with van der Waals surface area (Å²) in [5.74, 6) is 0. The second kappa shape index (κ2) is 16.8. The maximum Gasteiger partial charge on any atom is 2.00 e. The first-order chi connectivity index (χ1) is 4.00. The Labute approximate surface area is 98.7 Å². The van der Waals surface area contributed by atoms with Gasteiger partial charge in [0, 0.05) is 0 Å². The second-order valence-corrected chi connectivity index (χ2v) is 1.93. The standard InChI is InChI=1S/C6H11.C2H5.HI.Mg/c1-2-4-6-5-3-1;1-2;;/h1H,2-6H2;1H2,2H3;1H;/q2*-1;;+2. The van der Waals surface area contributed by atoms with E-state index in [0.29, 0.717) is 0 Å². The fraction of sp³-hybridized carbons (Fsp3) is 0.750. The van der Waals surface area contributed by atoms with Crippen LogP contribution >= 0.6 is 24.0 Å². The van der Waals surface area contributed by atoms with Crippen molar-refractivity contribution in [3.63, 3.8) is 0 Å². The zero-order valence-corrected chi connectivity index (χ0v) is 10.7. The van der Waals surface area contributed by atoms with Gasteiger partial charge in [0.2, 0.25) is 0 Å². The molecule has 58 valence electrons. The van der Waals surface area contributed by atoms with Crippen LogP contribution < -0.4 is 0 Å². The maximum absolute atomic E-state index is 3.25. The van der Waals surface area contributed by atoms with Gasteiger partial charge in [-0.15, -0.1) is 24.0 Å². The molecule has 1 rings (SSSR count). The van der Waals surface area contributed by atoms with Crippen molar-refractivity contribution in [2.24, 2.45) is 0 Å². The van der Waals surface area contributed by atoms with E-state index < -0.39 is 0 Å². The van der Waals surface area contributed by atoms with Crippen LogP contribution in [0.25, 0.3) is 0 Å². The van der Waals surface area contributed by atoms with Crippen LogP contribution in [-0.2, 0) is 0 Å². The van der Waals surface area contributed by atoms with E-state index in [4.69, 9.17) is 0 Å². The zero-order valence-electron chi connectivity index (χ0n) is 6.94. The Morgan fingerprint density at radius 1 is 1.00 bits per heavy atom. The number of hydrogen-bond acceptors (Lipinski definition) is 0. The van der Waals surface area contributed by atoms with Gasteiger partial charge in [-0.3, -0.25) is 0 Å². The minimum atomic E-state index is 0. The van der Waals surface area contributed by atoms with Crippen molar-refractivity contribution < 1.29 is 0 Å². The summed E-state index contributed by atoms with van der Waals surface area (Å²) in [7, 11) is 0. The minimum absolute atomic E-state index is 0. The van der Waals surface area contributed by atoms with Crippen molar-refractivity contribution in [3.05, 3.63) is 13.3 Å². The third-order valence-corrected chi connectivity index (χ3v) is 1.32. The van der Waals surface area contributed by atoms with E-state index in [-0.39, 0.29) is 47.0 Å². The molecule has 2 heteroatoms. The predicted octanol–water partition coefficient (Wildman–Crippen LogP) is 3.23. The van der Waals surface area contributed by atoms with Crippen LogP contribution in [0.2, 0.25) is 0 Å². The number of hydrogen-bond donors (Lipinski definition) is 0. The number of halogens is 1. The molecule has 0 unspecified atom stereocenters. The Kier molecular flexibility index (Phi) is 29.6. The molecule has 0 N–H and O–H groups in total. The van der Waals surface area contributed by atoms with Crippen LogP contribution in [-0.4, -0.2) is 23.1 Å². The monoisotopic (exact) mass is 264 g/mol. The molecule has 0 bridgehead atoms. The van der Waals surface area contributed by atoms with Crippen molar-refractivity contribution in [2.45, 2.75) is 39.0 Å². The first-order valence-electron chi connectivity index (χ1n) is 3.52. The largest absolute Gasteiger partial charge is 2.00 e. The quantitative estimate of drug-likeness (QED) is 0.358. The van der Waals surface area contributed by atoms with Gasteiger partial charge in [0.1, 0.15) is 0 Å². The summed E-state index contributed by atoms with van der Waals surface area (Å²) in [5, 5.41) is 0. The molecule has 0 amide bonds. The topological polar surface area (TPSA) is 0 Å². The van der Waals surface area contributed by atoms with Crippen LogP contribution in [0.4, 0.5) is 0 Å². The molecule has 0 radical (unpaired) electrons. The summed E-state index contributed by atoms with van der Waals surface area (Å²) in [5.41, 5.74) is 0. The van der Waals surface area contributed by atoms with Crippen molar-refractivity contribution >= 4 is 47.0 Å². The van der Waals surface area contributed by atoms with Crippen LogP contribution in [0.5, 0.6) is 0 Å². The van der Waals surface area contributed by atoms with Crippen molar-refractivity contribution in [2.75, 3.05) is 0 Å². The molecule has 10 heavy (non-hydrogen) atoms. The van der Waals surface area contributed by atoms with E-state index in [0.717, 1.165) is 0 Å². The SMILES string of the molecule is I.[CH-]1CCCCC1.[CH2-]C.[Mg+2]. The van der Waals surface area contributed by atoms with Gasteiger partial charge in [0.25, 0.3) is 0 Å². The summed E-state index contributed by atoms with van der Waals surface area (Å²) in [6.07, 6.45) is 9.50. The van der Waals surface area contributed by atoms with Crippen LogP contribution in [0, 0.1) is 13.3 Å². The fourth-order valence-corrected chi connectivity index (χ4v) is 0.898. The predicted molar refractivity (Wildman–Crippen MR) is 59.6 cm³/mol. The molecular formula is C8H17IMg. The van der Waals surface area contributed by atoms with E-state index in [9.17, 15) is 0 Å². The Bertz CT molecular complexity index is 24.7. The van der Waals surface area contributed by atoms with Gasteiger partial charge in [-0.1, -0.05) is 19.3 Å². The Morgan fingerprint density at radius 3 is 1.50 bits per heavy atom. The molecule has 0 atom stereocenters. The molecule has 0 heterocycles. The Hall–Kier alpha value is 1.50. The van der Waals surface area contributed by atoms with Gasteiger partial charge < -0.3 is 13.3 Å². The molecule has 0 aromatic carbocycles. The molecule has 1 aliphatic carbocycles. The molecule has 1 saturated carbocycles. The Balaban J connectivity index is -0.000000114. The van der Waals surface area contributed by atoms with E-state index in [2.05, 4.69) is 13.3 Å². The molecule has 0 nitrogen and oxygen atoms in total. The summed E-state index contributed by atoms with van der Waals surface area (Å²) >= 11 is 0. The first-order valence-corrected chi connectivity index (χ1v) is 3.52. The third kappa shape index (κ3) is 12.2. The summed E-state index contributed by atoms with van der Waals surface area (Å²) in [6.45, 7) is 5.00. The van der Waals surface area contributed by atoms with Gasteiger partial charge in [-0.25, -0.2) is 0 Å². The fourth-order valence-electron chi connectivity index (χ4n) is 0.898. The zero-order chi connectivity index (χ0) is 6.24. The maximum atomic E-state index is 3.25. The van der Waals surface area contributed by atoms with Crippen LogP contribution in [0.15, 0.2) is 0 Å². The molecule has 0 spiro atoms.